The van der Waals surface area contributed by atoms with Gasteiger partial charge < -0.3 is 0 Å². The van der Waals surface area contributed by atoms with Gasteiger partial charge in [-0.25, -0.2) is 13.4 Å². The number of hydrogen-bond acceptors (Lipinski definition) is 4. The van der Waals surface area contributed by atoms with E-state index in [1.165, 1.54) is 23.1 Å². The Hall–Kier alpha value is -0.940. The van der Waals surface area contributed by atoms with E-state index >= 15 is 0 Å². The smallest absolute Gasteiger partial charge is 0.152 e. The number of sulfone groups is 1. The molecule has 0 saturated carbocycles. The van der Waals surface area contributed by atoms with Gasteiger partial charge in [0, 0.05) is 0 Å². The van der Waals surface area contributed by atoms with Gasteiger partial charge >= 0.3 is 0 Å². The Labute approximate surface area is 137 Å². The van der Waals surface area contributed by atoms with Crippen LogP contribution in [-0.2, 0) is 16.3 Å². The predicted octanol–water partition coefficient (Wildman–Crippen LogP) is 4.61. The Morgan fingerprint density at radius 3 is 2.59 bits per heavy atom. The van der Waals surface area contributed by atoms with Crippen LogP contribution in [-0.4, -0.2) is 24.4 Å². The van der Waals surface area contributed by atoms with Gasteiger partial charge in [0.1, 0.15) is 0 Å². The van der Waals surface area contributed by atoms with Crippen molar-refractivity contribution in [3.8, 4) is 0 Å². The van der Waals surface area contributed by atoms with E-state index < -0.39 is 9.84 Å². The third-order valence-electron chi connectivity index (χ3n) is 4.01. The fourth-order valence-corrected chi connectivity index (χ4v) is 4.27. The summed E-state index contributed by atoms with van der Waals surface area (Å²) in [4.78, 5) is 4.29. The van der Waals surface area contributed by atoms with Crippen LogP contribution >= 0.6 is 11.3 Å². The van der Waals surface area contributed by atoms with Crippen LogP contribution in [0.3, 0.4) is 0 Å². The zero-order valence-corrected chi connectivity index (χ0v) is 15.0. The van der Waals surface area contributed by atoms with Crippen molar-refractivity contribution in [3.63, 3.8) is 0 Å². The summed E-state index contributed by atoms with van der Waals surface area (Å²) in [7, 11) is -2.85. The van der Waals surface area contributed by atoms with Gasteiger partial charge in [0.2, 0.25) is 0 Å². The number of benzene rings is 1. The molecule has 0 N–H and O–H groups in total. The highest BCUT2D eigenvalue weighted by atomic mass is 32.2. The van der Waals surface area contributed by atoms with Gasteiger partial charge in [-0.15, -0.1) is 11.3 Å². The summed E-state index contributed by atoms with van der Waals surface area (Å²) in [5.41, 5.74) is 4.35. The average molecular weight is 340 g/mol. The second-order valence-electron chi connectivity index (χ2n) is 6.09. The molecule has 3 nitrogen and oxygen atoms in total. The van der Waals surface area contributed by atoms with Crippen LogP contribution in [0, 0.1) is 0 Å². The fraction of sp³-hybridized carbons (Fsp3) is 0.588. The summed E-state index contributed by atoms with van der Waals surface area (Å²) >= 11 is 1.69. The lowest BCUT2D eigenvalue weighted by atomic mass is 10.1. The van der Waals surface area contributed by atoms with Crippen molar-refractivity contribution < 1.29 is 8.42 Å². The number of rotatable bonds is 9. The molecular formula is C17H25NO2S2. The van der Waals surface area contributed by atoms with Crippen LogP contribution in [0.5, 0.6) is 0 Å². The second kappa shape index (κ2) is 8.06. The maximum Gasteiger partial charge on any atom is 0.152 e. The third kappa shape index (κ3) is 5.06. The van der Waals surface area contributed by atoms with Crippen LogP contribution in [0.15, 0.2) is 23.7 Å². The molecule has 0 atom stereocenters. The van der Waals surface area contributed by atoms with Gasteiger partial charge in [0.05, 0.1) is 26.7 Å². The summed E-state index contributed by atoms with van der Waals surface area (Å²) in [6.07, 6.45) is 6.37. The zero-order valence-electron chi connectivity index (χ0n) is 13.4. The predicted molar refractivity (Wildman–Crippen MR) is 95.3 cm³/mol. The molecule has 1 aromatic heterocycles. The van der Waals surface area contributed by atoms with Gasteiger partial charge in [0.15, 0.2) is 9.84 Å². The van der Waals surface area contributed by atoms with Crippen molar-refractivity contribution in [1.29, 1.82) is 0 Å². The first-order valence-corrected chi connectivity index (χ1v) is 10.6. The number of nitrogens with zero attached hydrogens (tertiary/aromatic N) is 1. The van der Waals surface area contributed by atoms with E-state index in [-0.39, 0.29) is 5.25 Å². The number of hydrogen-bond donors (Lipinski definition) is 0. The Kier molecular flexibility index (Phi) is 6.38. The van der Waals surface area contributed by atoms with Crippen molar-refractivity contribution in [2.45, 2.75) is 57.6 Å². The summed E-state index contributed by atoms with van der Waals surface area (Å²) in [6, 6.07) is 6.50. The van der Waals surface area contributed by atoms with Gasteiger partial charge in [-0.3, -0.25) is 0 Å². The van der Waals surface area contributed by atoms with E-state index in [2.05, 4.69) is 23.2 Å². The molecule has 122 valence electrons. The Morgan fingerprint density at radius 2 is 1.82 bits per heavy atom. The van der Waals surface area contributed by atoms with Crippen LogP contribution < -0.4 is 0 Å². The van der Waals surface area contributed by atoms with Crippen LogP contribution in [0.4, 0.5) is 0 Å². The van der Waals surface area contributed by atoms with E-state index in [9.17, 15) is 8.42 Å². The van der Waals surface area contributed by atoms with Crippen LogP contribution in [0.2, 0.25) is 0 Å². The minimum atomic E-state index is -2.85. The molecule has 0 aliphatic rings. The van der Waals surface area contributed by atoms with E-state index in [4.69, 9.17) is 0 Å². The Morgan fingerprint density at radius 1 is 1.09 bits per heavy atom. The molecule has 0 saturated heterocycles. The lowest BCUT2D eigenvalue weighted by Gasteiger charge is -2.07. The van der Waals surface area contributed by atoms with Gasteiger partial charge in [-0.05, 0) is 50.8 Å². The zero-order chi connectivity index (χ0) is 16.0. The molecular weight excluding hydrogens is 314 g/mol. The van der Waals surface area contributed by atoms with Crippen molar-refractivity contribution in [2.24, 2.45) is 0 Å². The first kappa shape index (κ1) is 17.4. The molecule has 0 aliphatic heterocycles. The third-order valence-corrected chi connectivity index (χ3v) is 7.09. The van der Waals surface area contributed by atoms with Crippen molar-refractivity contribution in [2.75, 3.05) is 5.75 Å². The standard InChI is InChI=1S/C17H25NO2S2/c1-14(2)22(19,20)11-7-5-3-4-6-8-15-9-10-16-17(12-15)21-13-18-16/h9-10,12-14H,3-8,11H2,1-2H3. The molecule has 0 unspecified atom stereocenters. The average Bonchev–Trinajstić information content (AvgIpc) is 2.93. The summed E-state index contributed by atoms with van der Waals surface area (Å²) in [5, 5.41) is -0.242. The highest BCUT2D eigenvalue weighted by Crippen LogP contribution is 2.20. The minimum Gasteiger partial charge on any atom is -0.245 e. The molecule has 0 amide bonds. The number of unbranched alkanes of at least 4 members (excludes halogenated alkanes) is 4. The topological polar surface area (TPSA) is 47.0 Å². The molecule has 22 heavy (non-hydrogen) atoms. The summed E-state index contributed by atoms with van der Waals surface area (Å²) in [6.45, 7) is 3.52. The molecule has 5 heteroatoms. The first-order chi connectivity index (χ1) is 10.5. The van der Waals surface area contributed by atoms with Crippen molar-refractivity contribution in [1.82, 2.24) is 4.98 Å². The molecule has 1 aromatic carbocycles. The molecule has 2 rings (SSSR count). The molecule has 0 radical (unpaired) electrons. The van der Waals surface area contributed by atoms with E-state index in [0.29, 0.717) is 5.75 Å². The van der Waals surface area contributed by atoms with E-state index in [1.807, 2.05) is 5.51 Å². The molecule has 0 bridgehead atoms. The van der Waals surface area contributed by atoms with Crippen molar-refractivity contribution >= 4 is 31.4 Å². The second-order valence-corrected chi connectivity index (χ2v) is 9.65. The quantitative estimate of drug-likeness (QED) is 0.627. The van der Waals surface area contributed by atoms with Gasteiger partial charge in [-0.1, -0.05) is 25.3 Å². The minimum absolute atomic E-state index is 0.242. The number of aryl methyl sites for hydroxylation is 1. The number of aromatic nitrogens is 1. The van der Waals surface area contributed by atoms with E-state index in [0.717, 1.165) is 31.2 Å². The Bertz CT molecular complexity index is 690. The number of thiazole rings is 1. The lowest BCUT2D eigenvalue weighted by molar-refractivity contribution is 0.577. The largest absolute Gasteiger partial charge is 0.245 e. The molecule has 2 aromatic rings. The molecule has 0 fully saturated rings. The lowest BCUT2D eigenvalue weighted by Crippen LogP contribution is -2.17. The normalized spacial score (nSPS) is 12.3. The van der Waals surface area contributed by atoms with Crippen LogP contribution in [0.25, 0.3) is 10.2 Å². The Balaban J connectivity index is 1.61. The molecule has 0 spiro atoms. The van der Waals surface area contributed by atoms with Gasteiger partial charge in [0.25, 0.3) is 0 Å². The maximum atomic E-state index is 11.7. The summed E-state index contributed by atoms with van der Waals surface area (Å²) in [5.74, 6) is 0.340. The van der Waals surface area contributed by atoms with Crippen LogP contribution in [0.1, 0.15) is 51.5 Å². The van der Waals surface area contributed by atoms with E-state index in [1.54, 1.807) is 25.2 Å². The fourth-order valence-electron chi connectivity index (χ4n) is 2.45. The van der Waals surface area contributed by atoms with Gasteiger partial charge in [-0.2, -0.15) is 0 Å². The monoisotopic (exact) mass is 339 g/mol. The SMILES string of the molecule is CC(C)S(=O)(=O)CCCCCCCc1ccc2ncsc2c1. The highest BCUT2D eigenvalue weighted by Gasteiger charge is 2.14. The highest BCUT2D eigenvalue weighted by molar-refractivity contribution is 7.91. The molecule has 0 aliphatic carbocycles. The summed E-state index contributed by atoms with van der Waals surface area (Å²) < 4.78 is 24.6. The maximum absolute atomic E-state index is 11.7. The first-order valence-electron chi connectivity index (χ1n) is 8.03. The van der Waals surface area contributed by atoms with Crippen molar-refractivity contribution in [3.05, 3.63) is 29.3 Å². The molecule has 1 heterocycles. The number of fused-ring (bicyclic) bond motifs is 1.